The fourth-order valence-electron chi connectivity index (χ4n) is 5.59. The van der Waals surface area contributed by atoms with Crippen molar-refractivity contribution in [2.75, 3.05) is 37.7 Å². The number of carbonyl (C=O) groups excluding carboxylic acids is 2. The lowest BCUT2D eigenvalue weighted by molar-refractivity contribution is -0.128. The molecule has 1 N–H and O–H groups in total. The molecule has 1 unspecified atom stereocenters. The van der Waals surface area contributed by atoms with Gasteiger partial charge in [0.2, 0.25) is 5.91 Å². The van der Waals surface area contributed by atoms with E-state index < -0.39 is 51.9 Å². The van der Waals surface area contributed by atoms with Crippen LogP contribution < -0.4 is 9.64 Å². The molecule has 11 heteroatoms. The van der Waals surface area contributed by atoms with E-state index in [4.69, 9.17) is 4.74 Å². The summed E-state index contributed by atoms with van der Waals surface area (Å²) in [4.78, 5) is 35.5. The minimum atomic E-state index is -1.08. The van der Waals surface area contributed by atoms with Crippen molar-refractivity contribution in [1.82, 2.24) is 14.8 Å². The molecule has 1 aromatic carbocycles. The molecule has 0 saturated carbocycles. The van der Waals surface area contributed by atoms with Crippen LogP contribution in [-0.4, -0.2) is 76.1 Å². The Morgan fingerprint density at radius 3 is 2.71 bits per heavy atom. The minimum Gasteiger partial charge on any atom is -0.507 e. The summed E-state index contributed by atoms with van der Waals surface area (Å²) in [7, 11) is 0. The number of rotatable bonds is 3. The second-order valence-corrected chi connectivity index (χ2v) is 10.3. The number of pyridine rings is 1. The van der Waals surface area contributed by atoms with Crippen LogP contribution >= 0.6 is 0 Å². The van der Waals surface area contributed by atoms with Gasteiger partial charge in [0.15, 0.2) is 11.6 Å². The van der Waals surface area contributed by atoms with Gasteiger partial charge in [-0.15, -0.1) is 0 Å². The van der Waals surface area contributed by atoms with Crippen molar-refractivity contribution < 1.29 is 28.2 Å². The van der Waals surface area contributed by atoms with Crippen LogP contribution in [0.5, 0.6) is 11.5 Å². The summed E-state index contributed by atoms with van der Waals surface area (Å²) in [6.07, 6.45) is 1.66. The highest BCUT2D eigenvalue weighted by Crippen LogP contribution is 2.46. The zero-order valence-electron chi connectivity index (χ0n) is 21.1. The monoisotopic (exact) mass is 523 g/mol. The van der Waals surface area contributed by atoms with Crippen LogP contribution in [0.25, 0.3) is 11.3 Å². The third kappa shape index (κ3) is 4.00. The van der Waals surface area contributed by atoms with Crippen LogP contribution in [0.4, 0.5) is 14.6 Å². The lowest BCUT2D eigenvalue weighted by atomic mass is 9.97. The molecule has 2 amide bonds. The molecule has 2 saturated heterocycles. The van der Waals surface area contributed by atoms with Crippen LogP contribution in [0.2, 0.25) is 0 Å². The third-order valence-corrected chi connectivity index (χ3v) is 7.49. The Hall–Kier alpha value is -4.20. The number of anilines is 1. The van der Waals surface area contributed by atoms with Gasteiger partial charge in [-0.25, -0.2) is 13.8 Å². The molecule has 2 fully saturated rings. The molecule has 4 heterocycles. The Bertz CT molecular complexity index is 1370. The number of hydrogen-bond acceptors (Lipinski definition) is 7. The molecule has 9 nitrogen and oxygen atoms in total. The highest BCUT2D eigenvalue weighted by atomic mass is 19.1. The molecule has 3 aliphatic heterocycles. The summed E-state index contributed by atoms with van der Waals surface area (Å²) < 4.78 is 36.9. The van der Waals surface area contributed by atoms with Crippen LogP contribution in [0.15, 0.2) is 30.9 Å². The molecule has 0 radical (unpaired) electrons. The molecule has 0 spiro atoms. The molecule has 5 rings (SSSR count). The number of benzene rings is 1. The Kier molecular flexibility index (Phi) is 6.21. The van der Waals surface area contributed by atoms with E-state index in [9.17, 15) is 24.3 Å². The zero-order valence-corrected chi connectivity index (χ0v) is 21.1. The number of hydrogen-bond donors (Lipinski definition) is 1. The van der Waals surface area contributed by atoms with Gasteiger partial charge in [-0.1, -0.05) is 12.6 Å². The van der Waals surface area contributed by atoms with Gasteiger partial charge in [0.05, 0.1) is 23.6 Å². The standard InChI is InChI=1S/C27H27F2N5O4/c1-4-19(36)32-8-9-33-16(13-32)14-38-24-21(26(33)37)25(34-12-15(11-30)10-27(34,2)3)31-23(22(24)29)20-17(28)6-5-7-18(20)35/h4-7,15-16,35H,1,8-10,12-14H2,2-3H3/t15?,16-/m1/s1. The zero-order chi connectivity index (χ0) is 27.4. The first kappa shape index (κ1) is 25.4. The van der Waals surface area contributed by atoms with E-state index in [1.807, 2.05) is 13.8 Å². The number of halogens is 2. The minimum absolute atomic E-state index is 0.0528. The Labute approximate surface area is 218 Å². The molecule has 2 aromatic rings. The number of phenolic OH excluding ortho intramolecular Hbond substituents is 1. The van der Waals surface area contributed by atoms with E-state index in [0.717, 1.165) is 6.07 Å². The van der Waals surface area contributed by atoms with Gasteiger partial charge in [0, 0.05) is 31.7 Å². The number of aromatic nitrogens is 1. The van der Waals surface area contributed by atoms with E-state index in [1.54, 1.807) is 9.80 Å². The maximum atomic E-state index is 16.1. The summed E-state index contributed by atoms with van der Waals surface area (Å²) in [5.41, 5.74) is -1.72. The maximum Gasteiger partial charge on any atom is 0.262 e. The molecule has 1 aromatic heterocycles. The Morgan fingerprint density at radius 2 is 2.05 bits per heavy atom. The van der Waals surface area contributed by atoms with Gasteiger partial charge in [-0.05, 0) is 38.5 Å². The number of aromatic hydroxyl groups is 1. The van der Waals surface area contributed by atoms with Crippen LogP contribution in [0, 0.1) is 28.9 Å². The Morgan fingerprint density at radius 1 is 1.29 bits per heavy atom. The van der Waals surface area contributed by atoms with Gasteiger partial charge >= 0.3 is 0 Å². The van der Waals surface area contributed by atoms with Gasteiger partial charge in [-0.2, -0.15) is 5.26 Å². The predicted octanol–water partition coefficient (Wildman–Crippen LogP) is 3.09. The number of carbonyl (C=O) groups is 2. The van der Waals surface area contributed by atoms with Crippen molar-refractivity contribution in [3.05, 3.63) is 48.1 Å². The average molecular weight is 524 g/mol. The third-order valence-electron chi connectivity index (χ3n) is 7.49. The van der Waals surface area contributed by atoms with E-state index in [0.29, 0.717) is 6.42 Å². The molecular weight excluding hydrogens is 496 g/mol. The molecule has 0 aliphatic carbocycles. The van der Waals surface area contributed by atoms with Crippen LogP contribution in [0.1, 0.15) is 30.6 Å². The summed E-state index contributed by atoms with van der Waals surface area (Å²) in [6, 6.07) is 5.26. The first-order valence-corrected chi connectivity index (χ1v) is 12.3. The van der Waals surface area contributed by atoms with Crippen molar-refractivity contribution in [2.45, 2.75) is 31.8 Å². The number of phenols is 1. The van der Waals surface area contributed by atoms with Crippen molar-refractivity contribution in [3.63, 3.8) is 0 Å². The summed E-state index contributed by atoms with van der Waals surface area (Å²) in [5, 5.41) is 20.0. The number of ether oxygens (including phenoxy) is 1. The predicted molar refractivity (Wildman–Crippen MR) is 133 cm³/mol. The Balaban J connectivity index is 1.70. The number of fused-ring (bicyclic) bond motifs is 2. The largest absolute Gasteiger partial charge is 0.507 e. The van der Waals surface area contributed by atoms with Crippen molar-refractivity contribution in [3.8, 4) is 28.8 Å². The molecule has 0 bridgehead atoms. The normalized spacial score (nSPS) is 22.2. The molecule has 38 heavy (non-hydrogen) atoms. The van der Waals surface area contributed by atoms with Crippen molar-refractivity contribution >= 4 is 17.6 Å². The first-order valence-electron chi connectivity index (χ1n) is 12.3. The fourth-order valence-corrected chi connectivity index (χ4v) is 5.59. The van der Waals surface area contributed by atoms with E-state index >= 15 is 4.39 Å². The van der Waals surface area contributed by atoms with Gasteiger partial charge in [0.1, 0.15) is 35.2 Å². The fraction of sp³-hybridized carbons (Fsp3) is 0.407. The number of piperazine rings is 1. The highest BCUT2D eigenvalue weighted by Gasteiger charge is 2.46. The SMILES string of the molecule is C=CC(=O)N1CCN2C(=O)c3c(N4CC(C#N)CC4(C)C)nc(-c4c(O)cccc4F)c(F)c3OC[C@H]2C1. The van der Waals surface area contributed by atoms with E-state index in [-0.39, 0.29) is 56.0 Å². The molecular formula is C27H27F2N5O4. The van der Waals surface area contributed by atoms with Crippen molar-refractivity contribution in [2.24, 2.45) is 5.92 Å². The quantitative estimate of drug-likeness (QED) is 0.616. The van der Waals surface area contributed by atoms with E-state index in [2.05, 4.69) is 17.6 Å². The average Bonchev–Trinajstić information content (AvgIpc) is 3.12. The van der Waals surface area contributed by atoms with Gasteiger partial charge in [-0.3, -0.25) is 9.59 Å². The lowest BCUT2D eigenvalue weighted by Gasteiger charge is -2.40. The van der Waals surface area contributed by atoms with Crippen LogP contribution in [0.3, 0.4) is 0 Å². The van der Waals surface area contributed by atoms with E-state index in [1.165, 1.54) is 23.1 Å². The second-order valence-electron chi connectivity index (χ2n) is 10.3. The summed E-state index contributed by atoms with van der Waals surface area (Å²) in [6.45, 7) is 7.99. The summed E-state index contributed by atoms with van der Waals surface area (Å²) >= 11 is 0. The number of nitriles is 1. The molecule has 3 aliphatic rings. The molecule has 198 valence electrons. The van der Waals surface area contributed by atoms with Crippen molar-refractivity contribution in [1.29, 1.82) is 5.26 Å². The smallest absolute Gasteiger partial charge is 0.262 e. The number of amides is 2. The van der Waals surface area contributed by atoms with Gasteiger partial charge < -0.3 is 24.5 Å². The van der Waals surface area contributed by atoms with Gasteiger partial charge in [0.25, 0.3) is 5.91 Å². The van der Waals surface area contributed by atoms with Crippen LogP contribution in [-0.2, 0) is 4.79 Å². The maximum absolute atomic E-state index is 16.1. The topological polar surface area (TPSA) is 110 Å². The summed E-state index contributed by atoms with van der Waals surface area (Å²) in [5.74, 6) is -4.03. The molecule has 2 atom stereocenters. The number of nitrogens with zero attached hydrogens (tertiary/aromatic N) is 5. The first-order chi connectivity index (χ1) is 18.1. The second kappa shape index (κ2) is 9.28. The highest BCUT2D eigenvalue weighted by molar-refractivity contribution is 6.03. The lowest BCUT2D eigenvalue weighted by Crippen LogP contribution is -2.57.